The van der Waals surface area contributed by atoms with E-state index in [1.54, 1.807) is 26.4 Å². The molecule has 1 unspecified atom stereocenters. The number of Topliss-reactive ketones (excluding diaryl/α,β-unsaturated/α-hetero) is 1. The van der Waals surface area contributed by atoms with E-state index in [9.17, 15) is 4.79 Å². The molecule has 1 heterocycles. The average Bonchev–Trinajstić information content (AvgIpc) is 2.95. The zero-order valence-corrected chi connectivity index (χ0v) is 11.8. The van der Waals surface area contributed by atoms with E-state index in [-0.39, 0.29) is 11.2 Å². The molecular formula is C15H21NO3. The smallest absolute Gasteiger partial charge is 0.174 e. The molecule has 0 bridgehead atoms. The molecule has 0 aromatic heterocycles. The zero-order chi connectivity index (χ0) is 13.9. The molecule has 4 nitrogen and oxygen atoms in total. The molecule has 1 aromatic carbocycles. The van der Waals surface area contributed by atoms with Gasteiger partial charge in [-0.2, -0.15) is 0 Å². The summed E-state index contributed by atoms with van der Waals surface area (Å²) in [6.07, 6.45) is 1.73. The molecule has 4 heteroatoms. The summed E-state index contributed by atoms with van der Waals surface area (Å²) in [5, 5.41) is 3.29. The van der Waals surface area contributed by atoms with Crippen LogP contribution in [0.1, 0.15) is 30.1 Å². The van der Waals surface area contributed by atoms with Crippen molar-refractivity contribution in [3.63, 3.8) is 0 Å². The molecular weight excluding hydrogens is 242 g/mol. The van der Waals surface area contributed by atoms with Crippen LogP contribution in [0.2, 0.25) is 0 Å². The van der Waals surface area contributed by atoms with Crippen molar-refractivity contribution in [2.24, 2.45) is 5.41 Å². The number of rotatable bonds is 5. The van der Waals surface area contributed by atoms with Crippen LogP contribution in [0.3, 0.4) is 0 Å². The fraction of sp³-hybridized carbons (Fsp3) is 0.533. The average molecular weight is 263 g/mol. The Bertz CT molecular complexity index is 464. The summed E-state index contributed by atoms with van der Waals surface area (Å²) in [7, 11) is 3.18. The molecule has 1 saturated heterocycles. The Hall–Kier alpha value is -1.55. The molecule has 2 rings (SSSR count). The van der Waals surface area contributed by atoms with Gasteiger partial charge in [-0.3, -0.25) is 4.79 Å². The number of ether oxygens (including phenoxy) is 2. The van der Waals surface area contributed by atoms with Crippen molar-refractivity contribution in [2.75, 3.05) is 27.3 Å². The lowest BCUT2D eigenvalue weighted by Crippen LogP contribution is -2.33. The van der Waals surface area contributed by atoms with Crippen molar-refractivity contribution >= 4 is 5.78 Å². The monoisotopic (exact) mass is 263 g/mol. The Morgan fingerprint density at radius 2 is 2.16 bits per heavy atom. The fourth-order valence-electron chi connectivity index (χ4n) is 2.67. The highest BCUT2D eigenvalue weighted by atomic mass is 16.5. The van der Waals surface area contributed by atoms with Crippen LogP contribution in [0.4, 0.5) is 0 Å². The Morgan fingerprint density at radius 1 is 1.37 bits per heavy atom. The van der Waals surface area contributed by atoms with E-state index in [2.05, 4.69) is 12.2 Å². The first-order valence-corrected chi connectivity index (χ1v) is 6.64. The lowest BCUT2D eigenvalue weighted by molar-refractivity contribution is 0.0807. The second-order valence-electron chi connectivity index (χ2n) is 4.96. The van der Waals surface area contributed by atoms with E-state index in [0.29, 0.717) is 17.1 Å². The van der Waals surface area contributed by atoms with Gasteiger partial charge in [-0.05, 0) is 31.5 Å². The van der Waals surface area contributed by atoms with Crippen LogP contribution in [0.25, 0.3) is 0 Å². The Kier molecular flexibility index (Phi) is 4.10. The van der Waals surface area contributed by atoms with Crippen LogP contribution in [0, 0.1) is 5.41 Å². The van der Waals surface area contributed by atoms with Gasteiger partial charge in [0.05, 0.1) is 19.8 Å². The van der Waals surface area contributed by atoms with E-state index in [4.69, 9.17) is 9.47 Å². The van der Waals surface area contributed by atoms with E-state index in [1.807, 2.05) is 6.07 Å². The Morgan fingerprint density at radius 3 is 2.68 bits per heavy atom. The second-order valence-corrected chi connectivity index (χ2v) is 4.96. The van der Waals surface area contributed by atoms with Gasteiger partial charge in [-0.1, -0.05) is 6.92 Å². The summed E-state index contributed by atoms with van der Waals surface area (Å²) in [5.74, 6) is 1.45. The number of carbonyl (C=O) groups is 1. The van der Waals surface area contributed by atoms with Gasteiger partial charge in [0.25, 0.3) is 0 Å². The molecule has 1 aliphatic rings. The molecule has 0 radical (unpaired) electrons. The first-order valence-electron chi connectivity index (χ1n) is 6.64. The van der Waals surface area contributed by atoms with E-state index < -0.39 is 0 Å². The molecule has 1 fully saturated rings. The number of nitrogens with one attached hydrogen (secondary N) is 1. The summed E-state index contributed by atoms with van der Waals surface area (Å²) < 4.78 is 10.5. The molecule has 1 aromatic rings. The van der Waals surface area contributed by atoms with Gasteiger partial charge >= 0.3 is 0 Å². The molecule has 0 amide bonds. The standard InChI is InChI=1S/C15H21NO3/c1-4-15(7-8-16-10-15)14(17)12-6-5-11(18-2)9-13(12)19-3/h5-6,9,16H,4,7-8,10H2,1-3H3. The first-order chi connectivity index (χ1) is 9.16. The van der Waals surface area contributed by atoms with Gasteiger partial charge in [0, 0.05) is 18.0 Å². The maximum Gasteiger partial charge on any atom is 0.174 e. The zero-order valence-electron chi connectivity index (χ0n) is 11.8. The third-order valence-electron chi connectivity index (χ3n) is 4.06. The van der Waals surface area contributed by atoms with Crippen LogP contribution in [0.5, 0.6) is 11.5 Å². The molecule has 0 spiro atoms. The van der Waals surface area contributed by atoms with Crippen molar-refractivity contribution in [1.29, 1.82) is 0 Å². The molecule has 1 aliphatic heterocycles. The number of methoxy groups -OCH3 is 2. The van der Waals surface area contributed by atoms with Crippen molar-refractivity contribution < 1.29 is 14.3 Å². The van der Waals surface area contributed by atoms with Crippen LogP contribution in [0.15, 0.2) is 18.2 Å². The van der Waals surface area contributed by atoms with Crippen LogP contribution in [-0.4, -0.2) is 33.1 Å². The van der Waals surface area contributed by atoms with Crippen molar-refractivity contribution in [1.82, 2.24) is 5.32 Å². The fourth-order valence-corrected chi connectivity index (χ4v) is 2.67. The highest BCUT2D eigenvalue weighted by Crippen LogP contribution is 2.37. The van der Waals surface area contributed by atoms with Crippen LogP contribution in [-0.2, 0) is 0 Å². The van der Waals surface area contributed by atoms with Crippen LogP contribution < -0.4 is 14.8 Å². The highest BCUT2D eigenvalue weighted by molar-refractivity contribution is 6.03. The van der Waals surface area contributed by atoms with Crippen LogP contribution >= 0.6 is 0 Å². The largest absolute Gasteiger partial charge is 0.497 e. The number of benzene rings is 1. The van der Waals surface area contributed by atoms with Gasteiger partial charge < -0.3 is 14.8 Å². The van der Waals surface area contributed by atoms with Gasteiger partial charge in [0.15, 0.2) is 5.78 Å². The summed E-state index contributed by atoms with van der Waals surface area (Å²) in [4.78, 5) is 12.8. The van der Waals surface area contributed by atoms with E-state index in [0.717, 1.165) is 25.9 Å². The van der Waals surface area contributed by atoms with Gasteiger partial charge in [0.1, 0.15) is 11.5 Å². The maximum absolute atomic E-state index is 12.8. The molecule has 0 saturated carbocycles. The van der Waals surface area contributed by atoms with E-state index >= 15 is 0 Å². The topological polar surface area (TPSA) is 47.6 Å². The predicted octanol–water partition coefficient (Wildman–Crippen LogP) is 2.28. The number of hydrogen-bond acceptors (Lipinski definition) is 4. The summed E-state index contributed by atoms with van der Waals surface area (Å²) >= 11 is 0. The summed E-state index contributed by atoms with van der Waals surface area (Å²) in [6, 6.07) is 5.37. The number of ketones is 1. The quantitative estimate of drug-likeness (QED) is 0.828. The first kappa shape index (κ1) is 13.9. The number of hydrogen-bond donors (Lipinski definition) is 1. The molecule has 1 N–H and O–H groups in total. The highest BCUT2D eigenvalue weighted by Gasteiger charge is 2.40. The van der Waals surface area contributed by atoms with Gasteiger partial charge in [-0.15, -0.1) is 0 Å². The Labute approximate surface area is 114 Å². The molecule has 0 aliphatic carbocycles. The van der Waals surface area contributed by atoms with Crippen molar-refractivity contribution in [2.45, 2.75) is 19.8 Å². The minimum Gasteiger partial charge on any atom is -0.497 e. The lowest BCUT2D eigenvalue weighted by atomic mass is 9.77. The van der Waals surface area contributed by atoms with Gasteiger partial charge in [0.2, 0.25) is 0 Å². The predicted molar refractivity (Wildman–Crippen MR) is 74.1 cm³/mol. The Balaban J connectivity index is 2.37. The SMILES string of the molecule is CCC1(C(=O)c2ccc(OC)cc2OC)CCNC1. The molecule has 1 atom stereocenters. The van der Waals surface area contributed by atoms with Crippen molar-refractivity contribution in [3.8, 4) is 11.5 Å². The van der Waals surface area contributed by atoms with E-state index in [1.165, 1.54) is 0 Å². The van der Waals surface area contributed by atoms with Crippen molar-refractivity contribution in [3.05, 3.63) is 23.8 Å². The molecule has 104 valence electrons. The lowest BCUT2D eigenvalue weighted by Gasteiger charge is -2.25. The summed E-state index contributed by atoms with van der Waals surface area (Å²) in [6.45, 7) is 3.72. The third kappa shape index (κ3) is 2.45. The second kappa shape index (κ2) is 5.61. The normalized spacial score (nSPS) is 22.3. The molecule has 19 heavy (non-hydrogen) atoms. The maximum atomic E-state index is 12.8. The van der Waals surface area contributed by atoms with Gasteiger partial charge in [-0.25, -0.2) is 0 Å². The number of carbonyl (C=O) groups excluding carboxylic acids is 1. The minimum atomic E-state index is -0.290. The third-order valence-corrected chi connectivity index (χ3v) is 4.06. The summed E-state index contributed by atoms with van der Waals surface area (Å²) in [5.41, 5.74) is 0.357. The minimum absolute atomic E-state index is 0.166.